The topological polar surface area (TPSA) is 73.9 Å². The van der Waals surface area contributed by atoms with Gasteiger partial charge in [0.05, 0.1) is 6.54 Å². The van der Waals surface area contributed by atoms with E-state index in [2.05, 4.69) is 67.2 Å². The Kier molecular flexibility index (Phi) is 4.54. The van der Waals surface area contributed by atoms with E-state index in [0.717, 1.165) is 18.8 Å². The van der Waals surface area contributed by atoms with E-state index in [-0.39, 0.29) is 11.4 Å². The molecule has 1 aromatic carbocycles. The van der Waals surface area contributed by atoms with Crippen LogP contribution in [0.1, 0.15) is 54.7 Å². The van der Waals surface area contributed by atoms with Crippen LogP contribution in [0.15, 0.2) is 12.1 Å². The lowest BCUT2D eigenvalue weighted by Crippen LogP contribution is -2.42. The molecule has 1 aliphatic heterocycles. The smallest absolute Gasteiger partial charge is 0.318 e. The van der Waals surface area contributed by atoms with Gasteiger partial charge in [0.25, 0.3) is 0 Å². The van der Waals surface area contributed by atoms with Gasteiger partial charge in [-0.25, -0.2) is 9.78 Å². The van der Waals surface area contributed by atoms with Crippen molar-refractivity contribution in [2.75, 3.05) is 6.54 Å². The van der Waals surface area contributed by atoms with Gasteiger partial charge in [-0.3, -0.25) is 5.10 Å². The van der Waals surface area contributed by atoms with E-state index < -0.39 is 0 Å². The van der Waals surface area contributed by atoms with Crippen molar-refractivity contribution in [2.24, 2.45) is 0 Å². The molecule has 6 heteroatoms. The fraction of sp³-hybridized carbons (Fsp3) is 0.526. The lowest BCUT2D eigenvalue weighted by Gasteiger charge is -2.30. The summed E-state index contributed by atoms with van der Waals surface area (Å²) in [4.78, 5) is 18.8. The van der Waals surface area contributed by atoms with Crippen molar-refractivity contribution >= 4 is 6.03 Å². The molecule has 1 aliphatic rings. The maximum atomic E-state index is 12.5. The van der Waals surface area contributed by atoms with Crippen molar-refractivity contribution < 1.29 is 4.79 Å². The number of aromatic nitrogens is 3. The quantitative estimate of drug-likeness (QED) is 0.882. The second-order valence-electron chi connectivity index (χ2n) is 7.91. The molecule has 0 unspecified atom stereocenters. The first-order valence-electron chi connectivity index (χ1n) is 8.77. The van der Waals surface area contributed by atoms with Crippen molar-refractivity contribution in [3.05, 3.63) is 46.0 Å². The average molecular weight is 341 g/mol. The van der Waals surface area contributed by atoms with Crippen LogP contribution in [0.3, 0.4) is 0 Å². The largest absolute Gasteiger partial charge is 0.331 e. The molecule has 2 N–H and O–H groups in total. The molecule has 2 aromatic rings. The second kappa shape index (κ2) is 6.50. The maximum absolute atomic E-state index is 12.5. The lowest BCUT2D eigenvalue weighted by atomic mass is 9.93. The number of fused-ring (bicyclic) bond motifs is 1. The number of carbonyl (C=O) groups is 1. The van der Waals surface area contributed by atoms with Gasteiger partial charge in [-0.05, 0) is 37.0 Å². The third-order valence-electron chi connectivity index (χ3n) is 4.60. The van der Waals surface area contributed by atoms with Crippen molar-refractivity contribution in [3.8, 4) is 0 Å². The number of benzene rings is 1. The number of aryl methyl sites for hydroxylation is 2. The third-order valence-corrected chi connectivity index (χ3v) is 4.60. The van der Waals surface area contributed by atoms with Gasteiger partial charge in [0.15, 0.2) is 5.82 Å². The third kappa shape index (κ3) is 3.83. The number of rotatable bonds is 2. The molecule has 134 valence electrons. The number of nitrogens with zero attached hydrogens (tertiary/aromatic N) is 3. The first-order valence-corrected chi connectivity index (χ1v) is 8.77. The van der Waals surface area contributed by atoms with Crippen LogP contribution >= 0.6 is 0 Å². The standard InChI is InChI=1S/C19H27N5O/c1-12-8-13(2)15-6-7-24(11-14(15)9-12)18(25)20-10-16-21-17(23-22-16)19(3,4)5/h8-9H,6-7,10-11H2,1-5H3,(H,20,25)(H,21,22,23). The zero-order valence-electron chi connectivity index (χ0n) is 15.7. The Bertz CT molecular complexity index is 788. The molecular formula is C19H27N5O. The molecule has 0 saturated heterocycles. The van der Waals surface area contributed by atoms with Crippen LogP contribution < -0.4 is 5.32 Å². The van der Waals surface area contributed by atoms with E-state index in [4.69, 9.17) is 0 Å². The predicted molar refractivity (Wildman–Crippen MR) is 97.3 cm³/mol. The highest BCUT2D eigenvalue weighted by Crippen LogP contribution is 2.24. The van der Waals surface area contributed by atoms with Crippen LogP contribution in [0.4, 0.5) is 4.79 Å². The summed E-state index contributed by atoms with van der Waals surface area (Å²) in [6.07, 6.45) is 0.908. The number of H-pyrrole nitrogens is 1. The summed E-state index contributed by atoms with van der Waals surface area (Å²) in [7, 11) is 0. The fourth-order valence-electron chi connectivity index (χ4n) is 3.27. The highest BCUT2D eigenvalue weighted by atomic mass is 16.2. The molecule has 0 fully saturated rings. The minimum Gasteiger partial charge on any atom is -0.331 e. The van der Waals surface area contributed by atoms with Gasteiger partial charge in [0.1, 0.15) is 5.82 Å². The van der Waals surface area contributed by atoms with Crippen LogP contribution in [-0.2, 0) is 24.9 Å². The molecule has 0 saturated carbocycles. The average Bonchev–Trinajstić information content (AvgIpc) is 3.01. The summed E-state index contributed by atoms with van der Waals surface area (Å²) in [6, 6.07) is 4.34. The highest BCUT2D eigenvalue weighted by molar-refractivity contribution is 5.74. The van der Waals surface area contributed by atoms with E-state index >= 15 is 0 Å². The molecule has 0 radical (unpaired) electrons. The van der Waals surface area contributed by atoms with Crippen molar-refractivity contribution in [1.29, 1.82) is 0 Å². The van der Waals surface area contributed by atoms with Gasteiger partial charge < -0.3 is 10.2 Å². The molecule has 3 rings (SSSR count). The summed E-state index contributed by atoms with van der Waals surface area (Å²) in [5, 5.41) is 10.1. The van der Waals surface area contributed by atoms with Crippen LogP contribution in [0, 0.1) is 13.8 Å². The van der Waals surface area contributed by atoms with Crippen molar-refractivity contribution in [3.63, 3.8) is 0 Å². The van der Waals surface area contributed by atoms with Gasteiger partial charge in [0.2, 0.25) is 0 Å². The van der Waals surface area contributed by atoms with E-state index in [0.29, 0.717) is 18.9 Å². The van der Waals surface area contributed by atoms with E-state index in [1.165, 1.54) is 22.3 Å². The van der Waals surface area contributed by atoms with Crippen LogP contribution in [0.2, 0.25) is 0 Å². The van der Waals surface area contributed by atoms with Crippen LogP contribution in [-0.4, -0.2) is 32.7 Å². The van der Waals surface area contributed by atoms with Gasteiger partial charge in [-0.1, -0.05) is 38.5 Å². The van der Waals surface area contributed by atoms with Gasteiger partial charge >= 0.3 is 6.03 Å². The fourth-order valence-corrected chi connectivity index (χ4v) is 3.27. The summed E-state index contributed by atoms with van der Waals surface area (Å²) in [6.45, 7) is 12.2. The Hall–Kier alpha value is -2.37. The summed E-state index contributed by atoms with van der Waals surface area (Å²) < 4.78 is 0. The van der Waals surface area contributed by atoms with Gasteiger partial charge in [-0.15, -0.1) is 0 Å². The number of hydrogen-bond acceptors (Lipinski definition) is 3. The second-order valence-corrected chi connectivity index (χ2v) is 7.91. The maximum Gasteiger partial charge on any atom is 0.318 e. The number of aromatic amines is 1. The first kappa shape index (κ1) is 17.5. The molecular weight excluding hydrogens is 314 g/mol. The number of amides is 2. The highest BCUT2D eigenvalue weighted by Gasteiger charge is 2.23. The molecule has 0 spiro atoms. The Morgan fingerprint density at radius 2 is 2.08 bits per heavy atom. The minimum absolute atomic E-state index is 0.0569. The number of carbonyl (C=O) groups excluding carboxylic acids is 1. The lowest BCUT2D eigenvalue weighted by molar-refractivity contribution is 0.191. The normalized spacial score (nSPS) is 14.4. The minimum atomic E-state index is -0.106. The number of hydrogen-bond donors (Lipinski definition) is 2. The van der Waals surface area contributed by atoms with E-state index in [1.807, 2.05) is 4.90 Å². The van der Waals surface area contributed by atoms with Crippen molar-refractivity contribution in [1.82, 2.24) is 25.4 Å². The van der Waals surface area contributed by atoms with Crippen LogP contribution in [0.5, 0.6) is 0 Å². The molecule has 0 bridgehead atoms. The Morgan fingerprint density at radius 3 is 2.76 bits per heavy atom. The molecule has 1 aromatic heterocycles. The molecule has 0 aliphatic carbocycles. The predicted octanol–water partition coefficient (Wildman–Crippen LogP) is 2.99. The SMILES string of the molecule is Cc1cc(C)c2c(c1)CN(C(=O)NCc1nc(C(C)(C)C)n[nH]1)CC2. The van der Waals surface area contributed by atoms with Crippen LogP contribution in [0.25, 0.3) is 0 Å². The molecule has 2 heterocycles. The molecule has 0 atom stereocenters. The zero-order valence-corrected chi connectivity index (χ0v) is 15.7. The number of urea groups is 1. The van der Waals surface area contributed by atoms with Gasteiger partial charge in [-0.2, -0.15) is 5.10 Å². The monoisotopic (exact) mass is 341 g/mol. The Balaban J connectivity index is 1.62. The summed E-state index contributed by atoms with van der Waals surface area (Å²) >= 11 is 0. The number of nitrogens with one attached hydrogen (secondary N) is 2. The van der Waals surface area contributed by atoms with Crippen molar-refractivity contribution in [2.45, 2.75) is 59.5 Å². The molecule has 25 heavy (non-hydrogen) atoms. The summed E-state index contributed by atoms with van der Waals surface area (Å²) in [5.41, 5.74) is 5.11. The van der Waals surface area contributed by atoms with E-state index in [1.54, 1.807) is 0 Å². The first-order chi connectivity index (χ1) is 11.7. The Labute approximate surface area is 149 Å². The van der Waals surface area contributed by atoms with Gasteiger partial charge in [0, 0.05) is 18.5 Å². The molecule has 2 amide bonds. The zero-order chi connectivity index (χ0) is 18.2. The molecule has 6 nitrogen and oxygen atoms in total. The Morgan fingerprint density at radius 1 is 1.32 bits per heavy atom. The van der Waals surface area contributed by atoms with E-state index in [9.17, 15) is 4.79 Å². The summed E-state index contributed by atoms with van der Waals surface area (Å²) in [5.74, 6) is 1.44.